The van der Waals surface area contributed by atoms with Crippen molar-refractivity contribution in [2.24, 2.45) is 5.92 Å². The Balaban J connectivity index is 1.58. The summed E-state index contributed by atoms with van der Waals surface area (Å²) in [7, 11) is 0. The van der Waals surface area contributed by atoms with Crippen LogP contribution in [0, 0.1) is 5.92 Å². The molecule has 0 N–H and O–H groups in total. The Kier molecular flexibility index (Phi) is 6.74. The number of amides is 1. The summed E-state index contributed by atoms with van der Waals surface area (Å²) < 4.78 is 0. The number of carbonyl (C=O) groups is 1. The molecule has 3 heterocycles. The molecule has 1 aliphatic rings. The van der Waals surface area contributed by atoms with Crippen LogP contribution in [0.3, 0.4) is 0 Å². The number of piperazine rings is 1. The number of aromatic nitrogens is 3. The highest BCUT2D eigenvalue weighted by molar-refractivity contribution is 5.79. The SMILES string of the molecule is CCCC(CCC)C(=O)N1CCN(c2ccc(-c3cccnc3)nn2)CC1. The highest BCUT2D eigenvalue weighted by Gasteiger charge is 2.27. The minimum absolute atomic E-state index is 0.185. The molecule has 2 aromatic rings. The highest BCUT2D eigenvalue weighted by atomic mass is 16.2. The zero-order chi connectivity index (χ0) is 19.1. The van der Waals surface area contributed by atoms with E-state index in [0.717, 1.165) is 68.9 Å². The van der Waals surface area contributed by atoms with E-state index in [9.17, 15) is 4.79 Å². The Labute approximate surface area is 161 Å². The topological polar surface area (TPSA) is 62.2 Å². The molecule has 0 bridgehead atoms. The van der Waals surface area contributed by atoms with Crippen LogP contribution in [-0.4, -0.2) is 52.2 Å². The van der Waals surface area contributed by atoms with Gasteiger partial charge in [-0.15, -0.1) is 10.2 Å². The van der Waals surface area contributed by atoms with E-state index in [1.165, 1.54) is 0 Å². The Morgan fingerprint density at radius 1 is 1.04 bits per heavy atom. The molecular formula is C21H29N5O. The second-order valence-corrected chi connectivity index (χ2v) is 7.11. The highest BCUT2D eigenvalue weighted by Crippen LogP contribution is 2.21. The van der Waals surface area contributed by atoms with Crippen LogP contribution >= 0.6 is 0 Å². The van der Waals surface area contributed by atoms with Gasteiger partial charge < -0.3 is 9.80 Å². The van der Waals surface area contributed by atoms with Crippen molar-refractivity contribution in [3.63, 3.8) is 0 Å². The molecule has 6 nitrogen and oxygen atoms in total. The van der Waals surface area contributed by atoms with Gasteiger partial charge in [0, 0.05) is 50.1 Å². The Hall–Kier alpha value is -2.50. The summed E-state index contributed by atoms with van der Waals surface area (Å²) in [5, 5.41) is 8.73. The molecule has 0 aliphatic carbocycles. The van der Waals surface area contributed by atoms with Crippen LogP contribution < -0.4 is 4.90 Å². The van der Waals surface area contributed by atoms with Crippen LogP contribution in [0.2, 0.25) is 0 Å². The third-order valence-corrected chi connectivity index (χ3v) is 5.15. The number of hydrogen-bond acceptors (Lipinski definition) is 5. The molecule has 144 valence electrons. The molecule has 0 radical (unpaired) electrons. The molecule has 27 heavy (non-hydrogen) atoms. The van der Waals surface area contributed by atoms with E-state index < -0.39 is 0 Å². The van der Waals surface area contributed by atoms with E-state index in [4.69, 9.17) is 0 Å². The summed E-state index contributed by atoms with van der Waals surface area (Å²) in [5.41, 5.74) is 1.78. The van der Waals surface area contributed by atoms with Gasteiger partial charge >= 0.3 is 0 Å². The van der Waals surface area contributed by atoms with Gasteiger partial charge in [0.15, 0.2) is 5.82 Å². The molecule has 1 aliphatic heterocycles. The Morgan fingerprint density at radius 3 is 2.33 bits per heavy atom. The van der Waals surface area contributed by atoms with Gasteiger partial charge in [-0.05, 0) is 37.1 Å². The monoisotopic (exact) mass is 367 g/mol. The molecule has 3 rings (SSSR count). The summed E-state index contributed by atoms with van der Waals surface area (Å²) in [5.74, 6) is 1.38. The molecule has 0 unspecified atom stereocenters. The molecule has 0 spiro atoms. The predicted molar refractivity (Wildman–Crippen MR) is 107 cm³/mol. The first-order valence-corrected chi connectivity index (χ1v) is 10.0. The fraction of sp³-hybridized carbons (Fsp3) is 0.524. The van der Waals surface area contributed by atoms with Gasteiger partial charge in [0.25, 0.3) is 0 Å². The second-order valence-electron chi connectivity index (χ2n) is 7.11. The smallest absolute Gasteiger partial charge is 0.225 e. The standard InChI is InChI=1S/C21H29N5O/c1-3-6-17(7-4-2)21(27)26-14-12-25(13-15-26)20-10-9-19(23-24-20)18-8-5-11-22-16-18/h5,8-11,16-17H,3-4,6-7,12-15H2,1-2H3. The van der Waals surface area contributed by atoms with E-state index in [0.29, 0.717) is 5.91 Å². The summed E-state index contributed by atoms with van der Waals surface area (Å²) in [6.45, 7) is 7.43. The average Bonchev–Trinajstić information content (AvgIpc) is 2.74. The fourth-order valence-corrected chi connectivity index (χ4v) is 3.66. The number of carbonyl (C=O) groups excluding carboxylic acids is 1. The fourth-order valence-electron chi connectivity index (χ4n) is 3.66. The zero-order valence-corrected chi connectivity index (χ0v) is 16.3. The van der Waals surface area contributed by atoms with Crippen molar-refractivity contribution in [2.45, 2.75) is 39.5 Å². The van der Waals surface area contributed by atoms with Crippen molar-refractivity contribution >= 4 is 11.7 Å². The lowest BCUT2D eigenvalue weighted by molar-refractivity contribution is -0.136. The summed E-state index contributed by atoms with van der Waals surface area (Å²) >= 11 is 0. The van der Waals surface area contributed by atoms with Gasteiger partial charge in [-0.25, -0.2) is 0 Å². The Morgan fingerprint density at radius 2 is 1.78 bits per heavy atom. The van der Waals surface area contributed by atoms with Gasteiger partial charge in [-0.1, -0.05) is 26.7 Å². The maximum atomic E-state index is 12.8. The maximum absolute atomic E-state index is 12.8. The number of hydrogen-bond donors (Lipinski definition) is 0. The van der Waals surface area contributed by atoms with Gasteiger partial charge in [0.05, 0.1) is 5.69 Å². The molecule has 0 atom stereocenters. The van der Waals surface area contributed by atoms with Crippen molar-refractivity contribution in [3.8, 4) is 11.3 Å². The molecule has 1 amide bonds. The lowest BCUT2D eigenvalue weighted by atomic mass is 9.96. The van der Waals surface area contributed by atoms with Crippen LogP contribution in [0.4, 0.5) is 5.82 Å². The van der Waals surface area contributed by atoms with Gasteiger partial charge in [0.1, 0.15) is 0 Å². The van der Waals surface area contributed by atoms with Crippen LogP contribution in [0.25, 0.3) is 11.3 Å². The molecular weight excluding hydrogens is 338 g/mol. The molecule has 6 heteroatoms. The molecule has 1 saturated heterocycles. The number of rotatable bonds is 7. The lowest BCUT2D eigenvalue weighted by Crippen LogP contribution is -2.50. The van der Waals surface area contributed by atoms with Crippen LogP contribution in [0.5, 0.6) is 0 Å². The number of pyridine rings is 1. The Bertz CT molecular complexity index is 705. The predicted octanol–water partition coefficient (Wildman–Crippen LogP) is 3.40. The van der Waals surface area contributed by atoms with E-state index in [1.54, 1.807) is 12.4 Å². The van der Waals surface area contributed by atoms with Crippen molar-refractivity contribution in [3.05, 3.63) is 36.7 Å². The summed E-state index contributed by atoms with van der Waals surface area (Å²) in [6, 6.07) is 7.86. The average molecular weight is 367 g/mol. The van der Waals surface area contributed by atoms with Gasteiger partial charge in [0.2, 0.25) is 5.91 Å². The summed E-state index contributed by atoms with van der Waals surface area (Å²) in [4.78, 5) is 21.2. The van der Waals surface area contributed by atoms with Crippen molar-refractivity contribution in [2.75, 3.05) is 31.1 Å². The van der Waals surface area contributed by atoms with E-state index >= 15 is 0 Å². The minimum Gasteiger partial charge on any atom is -0.352 e. The van der Waals surface area contributed by atoms with Gasteiger partial charge in [-0.2, -0.15) is 0 Å². The zero-order valence-electron chi connectivity index (χ0n) is 16.3. The molecule has 1 fully saturated rings. The lowest BCUT2D eigenvalue weighted by Gasteiger charge is -2.36. The van der Waals surface area contributed by atoms with Crippen molar-refractivity contribution < 1.29 is 4.79 Å². The quantitative estimate of drug-likeness (QED) is 0.750. The van der Waals surface area contributed by atoms with Crippen molar-refractivity contribution in [1.82, 2.24) is 20.1 Å². The molecule has 0 aromatic carbocycles. The van der Waals surface area contributed by atoms with Crippen molar-refractivity contribution in [1.29, 1.82) is 0 Å². The van der Waals surface area contributed by atoms with Crippen LogP contribution in [0.1, 0.15) is 39.5 Å². The largest absolute Gasteiger partial charge is 0.352 e. The van der Waals surface area contributed by atoms with E-state index in [2.05, 4.69) is 33.9 Å². The maximum Gasteiger partial charge on any atom is 0.225 e. The molecule has 0 saturated carbocycles. The molecule has 2 aromatic heterocycles. The van der Waals surface area contributed by atoms with E-state index in [-0.39, 0.29) is 5.92 Å². The van der Waals surface area contributed by atoms with Gasteiger partial charge in [-0.3, -0.25) is 9.78 Å². The summed E-state index contributed by atoms with van der Waals surface area (Å²) in [6.07, 6.45) is 7.65. The first kappa shape index (κ1) is 19.3. The number of nitrogens with zero attached hydrogens (tertiary/aromatic N) is 5. The third kappa shape index (κ3) is 4.81. The first-order valence-electron chi connectivity index (χ1n) is 10.0. The second kappa shape index (κ2) is 9.44. The van der Waals surface area contributed by atoms with Crippen LogP contribution in [-0.2, 0) is 4.79 Å². The minimum atomic E-state index is 0.185. The third-order valence-electron chi connectivity index (χ3n) is 5.15. The number of anilines is 1. The first-order chi connectivity index (χ1) is 13.2. The normalized spacial score (nSPS) is 14.6. The van der Waals surface area contributed by atoms with E-state index in [1.807, 2.05) is 29.2 Å². The van der Waals surface area contributed by atoms with Crippen LogP contribution in [0.15, 0.2) is 36.7 Å².